The fourth-order valence-electron chi connectivity index (χ4n) is 5.53. The largest absolute Gasteiger partial charge is 0.508 e. The number of carboxylic acids is 1. The summed E-state index contributed by atoms with van der Waals surface area (Å²) in [5.74, 6) is -4.26. The summed E-state index contributed by atoms with van der Waals surface area (Å²) in [6, 6.07) is 7.36. The first-order chi connectivity index (χ1) is 21.8. The molecule has 0 bridgehead atoms. The highest BCUT2D eigenvalue weighted by Crippen LogP contribution is 2.46. The molecule has 12 nitrogen and oxygen atoms in total. The number of carbonyl (C=O) groups is 5. The van der Waals surface area contributed by atoms with E-state index in [1.54, 1.807) is 71.0 Å². The van der Waals surface area contributed by atoms with Crippen molar-refractivity contribution in [3.63, 3.8) is 0 Å². The molecule has 1 saturated heterocycles. The molecule has 0 unspecified atom stereocenters. The Bertz CT molecular complexity index is 1480. The topological polar surface area (TPSA) is 200 Å². The molecule has 3 rings (SSSR count). The normalized spacial score (nSPS) is 23.2. The number of nitrogens with one attached hydrogen (secondary N) is 4. The van der Waals surface area contributed by atoms with Crippen molar-refractivity contribution < 1.29 is 34.2 Å². The standard InChI is InChI=1S/C33H45N5O7S2/c1-17-13-21(39)14-18(2)24(17)19(3)25(34)29(42)37-26-30(43)35-16-23(40)36-22(15-20-11-9-8-10-12-20)28(41)38-27(31(44)45)33(6,7)47-46-32(26,4)5/h8-14,19,22,25-27,39H,15-16,34H2,1-7H3,(H,35,43)(H,36,40)(H,37,42)(H,38,41)(H,44,45)/t19-,22-,25+,26-,27-/m0/s1. The zero-order valence-electron chi connectivity index (χ0n) is 27.7. The molecule has 256 valence electrons. The lowest BCUT2D eigenvalue weighted by atomic mass is 9.86. The molecular weight excluding hydrogens is 643 g/mol. The van der Waals surface area contributed by atoms with E-state index < -0.39 is 75.7 Å². The molecule has 1 heterocycles. The Labute approximate surface area is 283 Å². The summed E-state index contributed by atoms with van der Waals surface area (Å²) in [6.07, 6.45) is 0.0861. The van der Waals surface area contributed by atoms with Gasteiger partial charge >= 0.3 is 5.97 Å². The first kappa shape index (κ1) is 37.7. The number of aromatic hydroxyl groups is 1. The first-order valence-corrected chi connectivity index (χ1v) is 17.4. The number of amides is 4. The minimum Gasteiger partial charge on any atom is -0.508 e. The van der Waals surface area contributed by atoms with Crippen LogP contribution in [-0.2, 0) is 30.4 Å². The van der Waals surface area contributed by atoms with Crippen LogP contribution in [0, 0.1) is 13.8 Å². The number of carbonyl (C=O) groups excluding carboxylic acids is 4. The number of aryl methyl sites for hydroxylation is 2. The molecule has 0 saturated carbocycles. The maximum Gasteiger partial charge on any atom is 0.327 e. The van der Waals surface area contributed by atoms with Crippen LogP contribution in [-0.4, -0.2) is 80.0 Å². The molecule has 0 aromatic heterocycles. The molecular formula is C33H45N5O7S2. The minimum atomic E-state index is -1.37. The Kier molecular flexibility index (Phi) is 12.4. The van der Waals surface area contributed by atoms with Crippen molar-refractivity contribution in [1.29, 1.82) is 0 Å². The number of aliphatic carboxylic acids is 1. The number of hydrogen-bond donors (Lipinski definition) is 7. The third kappa shape index (κ3) is 9.64. The summed E-state index contributed by atoms with van der Waals surface area (Å²) in [6.45, 7) is 11.7. The third-order valence-electron chi connectivity index (χ3n) is 8.18. The summed E-state index contributed by atoms with van der Waals surface area (Å²) < 4.78 is -2.17. The second kappa shape index (κ2) is 15.4. The number of hydrogen-bond acceptors (Lipinski definition) is 9. The van der Waals surface area contributed by atoms with Crippen molar-refractivity contribution >= 4 is 51.2 Å². The van der Waals surface area contributed by atoms with E-state index in [1.807, 2.05) is 19.9 Å². The van der Waals surface area contributed by atoms with Crippen molar-refractivity contribution in [2.75, 3.05) is 6.54 Å². The van der Waals surface area contributed by atoms with E-state index in [9.17, 15) is 34.2 Å². The van der Waals surface area contributed by atoms with Gasteiger partial charge in [-0.1, -0.05) is 58.8 Å². The molecule has 4 amide bonds. The molecule has 2 aromatic carbocycles. The Hall–Kier alpha value is -3.75. The van der Waals surface area contributed by atoms with Crippen molar-refractivity contribution in [3.8, 4) is 5.75 Å². The van der Waals surface area contributed by atoms with Gasteiger partial charge in [-0.15, -0.1) is 0 Å². The maximum absolute atomic E-state index is 13.7. The first-order valence-electron chi connectivity index (χ1n) is 15.2. The van der Waals surface area contributed by atoms with Crippen LogP contribution in [0.1, 0.15) is 62.8 Å². The lowest BCUT2D eigenvalue weighted by Gasteiger charge is -2.38. The van der Waals surface area contributed by atoms with Crippen LogP contribution in [0.3, 0.4) is 0 Å². The van der Waals surface area contributed by atoms with Crippen LogP contribution >= 0.6 is 21.6 Å². The zero-order chi connectivity index (χ0) is 35.3. The summed E-state index contributed by atoms with van der Waals surface area (Å²) in [5.41, 5.74) is 9.52. The molecule has 0 spiro atoms. The number of rotatable bonds is 7. The van der Waals surface area contributed by atoms with Gasteiger partial charge in [0.1, 0.15) is 23.9 Å². The molecule has 1 fully saturated rings. The van der Waals surface area contributed by atoms with Gasteiger partial charge in [0.2, 0.25) is 23.6 Å². The van der Waals surface area contributed by atoms with Gasteiger partial charge in [-0.3, -0.25) is 19.2 Å². The maximum atomic E-state index is 13.7. The molecule has 5 atom stereocenters. The summed E-state index contributed by atoms with van der Waals surface area (Å²) >= 11 is 0. The van der Waals surface area contributed by atoms with Crippen LogP contribution in [0.4, 0.5) is 0 Å². The number of benzene rings is 2. The second-order valence-electron chi connectivity index (χ2n) is 12.9. The van der Waals surface area contributed by atoms with Gasteiger partial charge < -0.3 is 37.2 Å². The second-order valence-corrected chi connectivity index (χ2v) is 16.4. The van der Waals surface area contributed by atoms with Crippen LogP contribution in [0.15, 0.2) is 42.5 Å². The molecule has 14 heteroatoms. The quantitative estimate of drug-likeness (QED) is 0.212. The van der Waals surface area contributed by atoms with Crippen LogP contribution in [0.2, 0.25) is 0 Å². The van der Waals surface area contributed by atoms with Crippen molar-refractivity contribution in [1.82, 2.24) is 21.3 Å². The van der Waals surface area contributed by atoms with E-state index in [0.717, 1.165) is 33.0 Å². The van der Waals surface area contributed by atoms with Gasteiger partial charge in [0, 0.05) is 17.1 Å². The van der Waals surface area contributed by atoms with Gasteiger partial charge in [-0.25, -0.2) is 4.79 Å². The summed E-state index contributed by atoms with van der Waals surface area (Å²) in [4.78, 5) is 66.3. The molecule has 1 aliphatic rings. The van der Waals surface area contributed by atoms with E-state index in [4.69, 9.17) is 5.73 Å². The minimum absolute atomic E-state index is 0.0861. The molecule has 0 aliphatic carbocycles. The van der Waals surface area contributed by atoms with Crippen LogP contribution < -0.4 is 27.0 Å². The lowest BCUT2D eigenvalue weighted by Crippen LogP contribution is -2.62. The predicted molar refractivity (Wildman–Crippen MR) is 184 cm³/mol. The van der Waals surface area contributed by atoms with Crippen LogP contribution in [0.25, 0.3) is 0 Å². The zero-order valence-corrected chi connectivity index (χ0v) is 29.3. The van der Waals surface area contributed by atoms with Crippen molar-refractivity contribution in [2.24, 2.45) is 5.73 Å². The molecule has 8 N–H and O–H groups in total. The molecule has 2 aromatic rings. The van der Waals surface area contributed by atoms with E-state index in [1.165, 1.54) is 10.8 Å². The lowest BCUT2D eigenvalue weighted by molar-refractivity contribution is -0.143. The predicted octanol–water partition coefficient (Wildman–Crippen LogP) is 2.29. The molecule has 1 aliphatic heterocycles. The van der Waals surface area contributed by atoms with Gasteiger partial charge in [0.15, 0.2) is 0 Å². The Morgan fingerprint density at radius 2 is 1.55 bits per heavy atom. The highest BCUT2D eigenvalue weighted by molar-refractivity contribution is 8.77. The molecule has 0 radical (unpaired) electrons. The van der Waals surface area contributed by atoms with Crippen molar-refractivity contribution in [3.05, 3.63) is 64.7 Å². The molecule has 47 heavy (non-hydrogen) atoms. The van der Waals surface area contributed by atoms with E-state index in [2.05, 4.69) is 21.3 Å². The van der Waals surface area contributed by atoms with E-state index >= 15 is 0 Å². The van der Waals surface area contributed by atoms with Crippen LogP contribution in [0.5, 0.6) is 5.75 Å². The Morgan fingerprint density at radius 3 is 2.13 bits per heavy atom. The third-order valence-corrected chi connectivity index (χ3v) is 12.4. The van der Waals surface area contributed by atoms with Gasteiger partial charge in [-0.2, -0.15) is 0 Å². The van der Waals surface area contributed by atoms with E-state index in [0.29, 0.717) is 0 Å². The SMILES string of the molecule is Cc1cc(O)cc(C)c1[C@H](C)[C@@H](N)C(=O)N[C@H]1C(=O)NCC(=O)N[C@@H](Cc2ccccc2)C(=O)N[C@@H](C(=O)O)C(C)(C)SSC1(C)C. The average Bonchev–Trinajstić information content (AvgIpc) is 2.98. The van der Waals surface area contributed by atoms with Gasteiger partial charge in [-0.05, 0) is 75.9 Å². The number of phenols is 1. The fraction of sp³-hybridized carbons (Fsp3) is 0.485. The van der Waals surface area contributed by atoms with Gasteiger partial charge in [0.05, 0.1) is 17.3 Å². The number of carboxylic acid groups (broad SMARTS) is 1. The number of phenolic OH excluding ortho intramolecular Hbond substituents is 1. The monoisotopic (exact) mass is 687 g/mol. The van der Waals surface area contributed by atoms with E-state index in [-0.39, 0.29) is 12.2 Å². The van der Waals surface area contributed by atoms with Crippen molar-refractivity contribution in [2.45, 2.75) is 94.5 Å². The Balaban J connectivity index is 1.93. The van der Waals surface area contributed by atoms with Gasteiger partial charge in [0.25, 0.3) is 0 Å². The smallest absolute Gasteiger partial charge is 0.327 e. The highest BCUT2D eigenvalue weighted by atomic mass is 33.1. The highest BCUT2D eigenvalue weighted by Gasteiger charge is 2.44. The Morgan fingerprint density at radius 1 is 0.979 bits per heavy atom. The average molecular weight is 688 g/mol. The summed E-state index contributed by atoms with van der Waals surface area (Å²) in [7, 11) is 2.33. The number of nitrogens with two attached hydrogens (primary N) is 1. The fourth-order valence-corrected chi connectivity index (χ4v) is 8.34. The summed E-state index contributed by atoms with van der Waals surface area (Å²) in [5, 5.41) is 30.7.